The summed E-state index contributed by atoms with van der Waals surface area (Å²) in [7, 11) is 0. The Balaban J connectivity index is 2.11. The molecule has 0 bridgehead atoms. The third-order valence-electron chi connectivity index (χ3n) is 4.32. The lowest BCUT2D eigenvalue weighted by molar-refractivity contribution is -0.131. The minimum Gasteiger partial charge on any atom is -0.349 e. The molecule has 0 saturated heterocycles. The largest absolute Gasteiger partial charge is 0.349 e. The molecule has 1 aliphatic rings. The summed E-state index contributed by atoms with van der Waals surface area (Å²) >= 11 is 0. The summed E-state index contributed by atoms with van der Waals surface area (Å²) in [6.07, 6.45) is 2.48. The van der Waals surface area contributed by atoms with Gasteiger partial charge in [-0.2, -0.15) is 0 Å². The first-order chi connectivity index (χ1) is 9.34. The van der Waals surface area contributed by atoms with Gasteiger partial charge in [-0.3, -0.25) is 4.79 Å². The lowest BCUT2D eigenvalue weighted by Gasteiger charge is -2.29. The average Bonchev–Trinajstić information content (AvgIpc) is 2.70. The van der Waals surface area contributed by atoms with Crippen molar-refractivity contribution in [2.75, 3.05) is 0 Å². The Morgan fingerprint density at radius 1 is 1.50 bits per heavy atom. The molecular weight excluding hydrogens is 262 g/mol. The Hall–Kier alpha value is -1.49. The van der Waals surface area contributed by atoms with Gasteiger partial charge in [0.15, 0.2) is 0 Å². The highest BCUT2D eigenvalue weighted by molar-refractivity contribution is 5.83. The Labute approximate surface area is 117 Å². The number of nitrogens with one attached hydrogen (secondary N) is 1. The van der Waals surface area contributed by atoms with E-state index in [1.54, 1.807) is 6.92 Å². The van der Waals surface area contributed by atoms with E-state index in [-0.39, 0.29) is 17.5 Å². The number of benzene rings is 1. The summed E-state index contributed by atoms with van der Waals surface area (Å²) in [5, 5.41) is 2.79. The van der Waals surface area contributed by atoms with Gasteiger partial charge in [0.2, 0.25) is 5.91 Å². The monoisotopic (exact) mass is 282 g/mol. The molecule has 3 nitrogen and oxygen atoms in total. The summed E-state index contributed by atoms with van der Waals surface area (Å²) in [4.78, 5) is 12.4. The topological polar surface area (TPSA) is 55.1 Å². The molecule has 20 heavy (non-hydrogen) atoms. The van der Waals surface area contributed by atoms with Crippen LogP contribution in [0.3, 0.4) is 0 Å². The van der Waals surface area contributed by atoms with Crippen LogP contribution in [0.4, 0.5) is 8.78 Å². The van der Waals surface area contributed by atoms with Crippen LogP contribution in [0, 0.1) is 17.0 Å². The van der Waals surface area contributed by atoms with Crippen molar-refractivity contribution in [1.29, 1.82) is 0 Å². The maximum absolute atomic E-state index is 13.7. The fourth-order valence-corrected chi connectivity index (χ4v) is 2.77. The Morgan fingerprint density at radius 3 is 2.75 bits per heavy atom. The second kappa shape index (κ2) is 5.48. The first-order valence-electron chi connectivity index (χ1n) is 6.86. The summed E-state index contributed by atoms with van der Waals surface area (Å²) in [6.45, 7) is 3.52. The van der Waals surface area contributed by atoms with Crippen LogP contribution in [0.25, 0.3) is 0 Å². The maximum atomic E-state index is 13.7. The maximum Gasteiger partial charge on any atom is 0.227 e. The predicted octanol–water partition coefficient (Wildman–Crippen LogP) is 2.66. The van der Waals surface area contributed by atoms with Crippen molar-refractivity contribution in [1.82, 2.24) is 5.32 Å². The SMILES string of the molecule is CC(NC(=O)C1(C)CCCC1N)c1ccc(F)cc1F. The molecule has 3 unspecified atom stereocenters. The molecule has 1 amide bonds. The second-order valence-electron chi connectivity index (χ2n) is 5.78. The first-order valence-corrected chi connectivity index (χ1v) is 6.86. The highest BCUT2D eigenvalue weighted by Crippen LogP contribution is 2.37. The molecule has 0 aliphatic heterocycles. The number of carbonyl (C=O) groups excluding carboxylic acids is 1. The number of halogens is 2. The second-order valence-corrected chi connectivity index (χ2v) is 5.78. The number of carbonyl (C=O) groups is 1. The molecule has 1 aromatic carbocycles. The lowest BCUT2D eigenvalue weighted by atomic mass is 9.84. The van der Waals surface area contributed by atoms with Gasteiger partial charge in [0.1, 0.15) is 11.6 Å². The van der Waals surface area contributed by atoms with E-state index >= 15 is 0 Å². The number of hydrogen-bond acceptors (Lipinski definition) is 2. The molecule has 1 fully saturated rings. The minimum absolute atomic E-state index is 0.168. The fourth-order valence-electron chi connectivity index (χ4n) is 2.77. The normalized spacial score (nSPS) is 27.4. The standard InChI is InChI=1S/C15H20F2N2O/c1-9(11-6-5-10(16)8-12(11)17)19-14(20)15(2)7-3-4-13(15)18/h5-6,8-9,13H,3-4,7,18H2,1-2H3,(H,19,20). The van der Waals surface area contributed by atoms with Crippen molar-refractivity contribution in [2.24, 2.45) is 11.1 Å². The van der Waals surface area contributed by atoms with Crippen molar-refractivity contribution in [3.05, 3.63) is 35.4 Å². The van der Waals surface area contributed by atoms with Crippen LogP contribution in [-0.4, -0.2) is 11.9 Å². The van der Waals surface area contributed by atoms with Crippen LogP contribution in [0.15, 0.2) is 18.2 Å². The zero-order valence-corrected chi connectivity index (χ0v) is 11.7. The van der Waals surface area contributed by atoms with Crippen molar-refractivity contribution >= 4 is 5.91 Å². The van der Waals surface area contributed by atoms with E-state index in [1.165, 1.54) is 12.1 Å². The van der Waals surface area contributed by atoms with Gasteiger partial charge < -0.3 is 11.1 Å². The van der Waals surface area contributed by atoms with Crippen LogP contribution >= 0.6 is 0 Å². The van der Waals surface area contributed by atoms with E-state index < -0.39 is 23.1 Å². The molecule has 1 aromatic rings. The van der Waals surface area contributed by atoms with Gasteiger partial charge in [-0.15, -0.1) is 0 Å². The van der Waals surface area contributed by atoms with Gasteiger partial charge in [-0.25, -0.2) is 8.78 Å². The third kappa shape index (κ3) is 2.68. The first kappa shape index (κ1) is 14.9. The number of nitrogens with two attached hydrogens (primary N) is 1. The quantitative estimate of drug-likeness (QED) is 0.895. The van der Waals surface area contributed by atoms with Gasteiger partial charge in [0.25, 0.3) is 0 Å². The van der Waals surface area contributed by atoms with Crippen molar-refractivity contribution in [3.8, 4) is 0 Å². The van der Waals surface area contributed by atoms with Crippen LogP contribution in [-0.2, 0) is 4.79 Å². The van der Waals surface area contributed by atoms with Gasteiger partial charge in [0, 0.05) is 17.7 Å². The molecule has 2 rings (SSSR count). The van der Waals surface area contributed by atoms with E-state index in [9.17, 15) is 13.6 Å². The summed E-state index contributed by atoms with van der Waals surface area (Å²) < 4.78 is 26.6. The summed E-state index contributed by atoms with van der Waals surface area (Å²) in [5.41, 5.74) is 5.66. The molecule has 1 saturated carbocycles. The average molecular weight is 282 g/mol. The van der Waals surface area contributed by atoms with Crippen LogP contribution in [0.2, 0.25) is 0 Å². The van der Waals surface area contributed by atoms with Gasteiger partial charge in [-0.05, 0) is 32.8 Å². The fraction of sp³-hybridized carbons (Fsp3) is 0.533. The van der Waals surface area contributed by atoms with E-state index in [2.05, 4.69) is 5.32 Å². The Bertz CT molecular complexity index is 521. The molecular formula is C15H20F2N2O. The minimum atomic E-state index is -0.654. The predicted molar refractivity (Wildman–Crippen MR) is 72.8 cm³/mol. The van der Waals surface area contributed by atoms with Crippen LogP contribution in [0.5, 0.6) is 0 Å². The zero-order valence-electron chi connectivity index (χ0n) is 11.7. The van der Waals surface area contributed by atoms with Gasteiger partial charge in [-0.1, -0.05) is 12.5 Å². The van der Waals surface area contributed by atoms with Gasteiger partial charge in [0.05, 0.1) is 11.5 Å². The van der Waals surface area contributed by atoms with Crippen molar-refractivity contribution < 1.29 is 13.6 Å². The molecule has 0 aromatic heterocycles. The Kier molecular flexibility index (Phi) is 4.09. The number of rotatable bonds is 3. The molecule has 110 valence electrons. The lowest BCUT2D eigenvalue weighted by Crippen LogP contribution is -2.48. The highest BCUT2D eigenvalue weighted by atomic mass is 19.1. The van der Waals surface area contributed by atoms with E-state index in [4.69, 9.17) is 5.73 Å². The van der Waals surface area contributed by atoms with E-state index in [0.717, 1.165) is 25.3 Å². The molecule has 3 atom stereocenters. The molecule has 0 radical (unpaired) electrons. The molecule has 3 N–H and O–H groups in total. The van der Waals surface area contributed by atoms with Crippen molar-refractivity contribution in [2.45, 2.75) is 45.2 Å². The third-order valence-corrected chi connectivity index (χ3v) is 4.32. The highest BCUT2D eigenvalue weighted by Gasteiger charge is 2.43. The number of amides is 1. The number of hydrogen-bond donors (Lipinski definition) is 2. The van der Waals surface area contributed by atoms with Crippen LogP contribution in [0.1, 0.15) is 44.7 Å². The van der Waals surface area contributed by atoms with Crippen molar-refractivity contribution in [3.63, 3.8) is 0 Å². The van der Waals surface area contributed by atoms with E-state index in [0.29, 0.717) is 0 Å². The van der Waals surface area contributed by atoms with Crippen LogP contribution < -0.4 is 11.1 Å². The van der Waals surface area contributed by atoms with E-state index in [1.807, 2.05) is 6.92 Å². The molecule has 5 heteroatoms. The zero-order chi connectivity index (χ0) is 14.9. The smallest absolute Gasteiger partial charge is 0.227 e. The van der Waals surface area contributed by atoms with Gasteiger partial charge >= 0.3 is 0 Å². The Morgan fingerprint density at radius 2 is 2.20 bits per heavy atom. The summed E-state index contributed by atoms with van der Waals surface area (Å²) in [5.74, 6) is -1.45. The summed E-state index contributed by atoms with van der Waals surface area (Å²) in [6, 6.07) is 2.66. The molecule has 1 aliphatic carbocycles. The molecule has 0 spiro atoms. The molecule has 0 heterocycles.